The van der Waals surface area contributed by atoms with Gasteiger partial charge in [0.1, 0.15) is 36.1 Å². The zero-order valence-electron chi connectivity index (χ0n) is 64.6. The van der Waals surface area contributed by atoms with Gasteiger partial charge in [0.25, 0.3) is 0 Å². The number of aliphatic hydroxyl groups excluding tert-OH is 1. The van der Waals surface area contributed by atoms with E-state index in [0.717, 1.165) is 77.7 Å². The first-order chi connectivity index (χ1) is 48.2. The first-order valence-electron chi connectivity index (χ1n) is 34.7. The minimum absolute atomic E-state index is 0.136. The van der Waals surface area contributed by atoms with Crippen LogP contribution < -0.4 is 9.47 Å². The van der Waals surface area contributed by atoms with Crippen molar-refractivity contribution in [2.24, 2.45) is 0 Å². The Balaban J connectivity index is 0.000000321. The van der Waals surface area contributed by atoms with E-state index in [1.165, 1.54) is 117 Å². The number of nitrogens with zero attached hydrogens (tertiary/aromatic N) is 3. The Labute approximate surface area is 664 Å². The maximum Gasteiger partial charge on any atom is 0.410 e. The third-order valence-electron chi connectivity index (χ3n) is 17.3. The second-order valence-electron chi connectivity index (χ2n) is 25.2. The highest BCUT2D eigenvalue weighted by Gasteiger charge is 2.27. The molecule has 0 atom stereocenters. The fourth-order valence-corrected chi connectivity index (χ4v) is 19.7. The second-order valence-corrected chi connectivity index (χ2v) is 36.5. The number of esters is 2. The monoisotopic (exact) mass is 1750 g/mol. The van der Waals surface area contributed by atoms with Crippen LogP contribution in [0, 0.1) is 76.2 Å². The molecule has 11 rings (SSSR count). The molecule has 3 aliphatic heterocycles. The van der Waals surface area contributed by atoms with Crippen molar-refractivity contribution in [2.45, 2.75) is 209 Å². The Bertz CT molecular complexity index is 3950. The lowest BCUT2D eigenvalue weighted by Crippen LogP contribution is -2.39. The first-order valence-corrected chi connectivity index (χ1v) is 42.0. The standard InChI is InChI=1S/C20H26BrNOS.C17H20BrNOS.C14H19NO3.C8H9BrO2S.C8H10O2S.C7H9BrOS.3C2H6/c1-13-11-17(16-7-9-22(4)10-8-16)5-6-19(13)23-12-18-14(2)15(3)24-20(18)21;1-11-12(2)21-17(18)16(11)10-20-15-5-4-14-9-19(3)7-6-13(14)8-15;1-14(2,3)18-13(17)15-7-6-10-8-12(16)5-4-11(10)9-15;1-4-5(2)12-7(9)6(4)8(10)11-3;1-5-6(2)11-4-7(5)8(9)10-3;1-4-5(2)10-7(8)6(4)3-9;3*1-2/h5-6,11,16H,7-10,12H2,1-4H3;4-5,8H,6-7,9-10H2,1-3H3;4-5,8,16H,6-7,9H2,1-3H3;1-3H3;4H,1-3H3;9H,3H2,1-2H3;3*1-2H3. The topological polar surface area (TPSA) is 148 Å². The summed E-state index contributed by atoms with van der Waals surface area (Å²) in [5.74, 6) is 2.44. The molecule has 564 valence electrons. The summed E-state index contributed by atoms with van der Waals surface area (Å²) in [4.78, 5) is 47.0. The molecule has 0 unspecified atom stereocenters. The van der Waals surface area contributed by atoms with Gasteiger partial charge in [0.2, 0.25) is 0 Å². The number of thiophene rings is 5. The number of hydrogen-bond acceptors (Lipinski definition) is 17. The van der Waals surface area contributed by atoms with E-state index in [0.29, 0.717) is 43.3 Å². The summed E-state index contributed by atoms with van der Waals surface area (Å²) in [7, 11) is 7.17. The van der Waals surface area contributed by atoms with Crippen LogP contribution in [0.25, 0.3) is 0 Å². The highest BCUT2D eigenvalue weighted by atomic mass is 79.9. The summed E-state index contributed by atoms with van der Waals surface area (Å²) < 4.78 is 31.0. The number of hydrogen-bond donors (Lipinski definition) is 2. The number of methoxy groups -OCH3 is 2. The molecule has 0 radical (unpaired) electrons. The number of phenols is 1. The second kappa shape index (κ2) is 45.3. The predicted octanol–water partition coefficient (Wildman–Crippen LogP) is 24.0. The summed E-state index contributed by atoms with van der Waals surface area (Å²) in [6, 6.07) is 18.5. The van der Waals surface area contributed by atoms with Crippen molar-refractivity contribution in [3.8, 4) is 17.2 Å². The molecule has 0 saturated carbocycles. The number of likely N-dealkylation sites (tertiary alicyclic amines) is 1. The Morgan fingerprint density at radius 3 is 1.49 bits per heavy atom. The summed E-state index contributed by atoms with van der Waals surface area (Å²) in [6.07, 6.45) is 4.11. The van der Waals surface area contributed by atoms with Gasteiger partial charge in [-0.05, 0) is 311 Å². The van der Waals surface area contributed by atoms with Crippen molar-refractivity contribution < 1.29 is 48.3 Å². The number of carbonyl (C=O) groups is 3. The van der Waals surface area contributed by atoms with Gasteiger partial charge < -0.3 is 48.6 Å². The van der Waals surface area contributed by atoms with Gasteiger partial charge >= 0.3 is 18.0 Å². The molecule has 3 aromatic carbocycles. The molecule has 1 amide bonds. The summed E-state index contributed by atoms with van der Waals surface area (Å²) in [5.41, 5.74) is 18.1. The first kappa shape index (κ1) is 91.8. The van der Waals surface area contributed by atoms with Crippen LogP contribution in [-0.2, 0) is 60.0 Å². The molecular weight excluding hydrogens is 1640 g/mol. The van der Waals surface area contributed by atoms with Crippen molar-refractivity contribution in [3.05, 3.63) is 189 Å². The SMILES string of the molecule is CC.CC.CC.CC(C)(C)OC(=O)N1CCc2cc(O)ccc2C1.COC(=O)c1c(Br)sc(C)c1C.COC(=O)c1csc(C)c1C.Cc1cc(C2CCN(C)CC2)ccc1OCc1c(Br)sc(C)c1C.Cc1sc(Br)c(CO)c1C.Cc1sc(Br)c(COc2ccc3c(c2)CCN(C)C3)c1C. The summed E-state index contributed by atoms with van der Waals surface area (Å²) in [6.45, 7) is 47.5. The average molecular weight is 1750 g/mol. The molecule has 0 spiro atoms. The van der Waals surface area contributed by atoms with Gasteiger partial charge in [0, 0.05) is 72.6 Å². The number of fused-ring (bicyclic) bond motifs is 2. The maximum absolute atomic E-state index is 11.9. The largest absolute Gasteiger partial charge is 0.508 e. The zero-order chi connectivity index (χ0) is 77.0. The van der Waals surface area contributed by atoms with E-state index in [1.54, 1.807) is 73.7 Å². The third kappa shape index (κ3) is 27.4. The van der Waals surface area contributed by atoms with Crippen LogP contribution in [-0.4, -0.2) is 103 Å². The Hall–Kier alpha value is -4.43. The number of halogens is 4. The molecule has 8 heterocycles. The Morgan fingerprint density at radius 1 is 0.539 bits per heavy atom. The number of piperidine rings is 1. The van der Waals surface area contributed by atoms with Crippen molar-refractivity contribution in [1.82, 2.24) is 14.7 Å². The lowest BCUT2D eigenvalue weighted by atomic mass is 9.89. The average Bonchev–Trinajstić information content (AvgIpc) is 1.03. The number of amides is 1. The van der Waals surface area contributed by atoms with Gasteiger partial charge in [-0.3, -0.25) is 0 Å². The van der Waals surface area contributed by atoms with E-state index in [1.807, 2.05) is 108 Å². The van der Waals surface area contributed by atoms with Gasteiger partial charge in [-0.1, -0.05) is 65.8 Å². The molecule has 3 aliphatic rings. The van der Waals surface area contributed by atoms with Gasteiger partial charge in [-0.2, -0.15) is 0 Å². The molecule has 0 aliphatic carbocycles. The summed E-state index contributed by atoms with van der Waals surface area (Å²) in [5, 5.41) is 20.1. The minimum atomic E-state index is -0.466. The number of carbonyl (C=O) groups excluding carboxylic acids is 3. The van der Waals surface area contributed by atoms with E-state index in [-0.39, 0.29) is 30.4 Å². The van der Waals surface area contributed by atoms with Gasteiger partial charge in [0.05, 0.1) is 47.1 Å². The Kier molecular flexibility index (Phi) is 40.7. The molecular formula is C80H111Br4N3O10S5. The highest BCUT2D eigenvalue weighted by Crippen LogP contribution is 2.38. The van der Waals surface area contributed by atoms with Crippen LogP contribution in [0.5, 0.6) is 17.2 Å². The van der Waals surface area contributed by atoms with Crippen molar-refractivity contribution in [1.29, 1.82) is 0 Å². The molecule has 0 bridgehead atoms. The molecule has 1 fully saturated rings. The number of rotatable bonds is 10. The quantitative estimate of drug-likeness (QED) is 0.0992. The fraction of sp³-hybridized carbons (Fsp3) is 0.487. The molecule has 2 N–H and O–H groups in total. The van der Waals surface area contributed by atoms with Crippen LogP contribution in [0.3, 0.4) is 0 Å². The number of aliphatic hydroxyl groups is 1. The van der Waals surface area contributed by atoms with E-state index in [2.05, 4.69) is 175 Å². The van der Waals surface area contributed by atoms with Gasteiger partial charge in [-0.25, -0.2) is 14.4 Å². The number of likely N-dealkylation sites (N-methyl/N-ethyl adjacent to an activating group) is 1. The van der Waals surface area contributed by atoms with Crippen LogP contribution >= 0.6 is 120 Å². The number of benzene rings is 3. The van der Waals surface area contributed by atoms with Crippen LogP contribution in [0.15, 0.2) is 75.1 Å². The fourth-order valence-electron chi connectivity index (χ4n) is 10.7. The molecule has 13 nitrogen and oxygen atoms in total. The molecule has 22 heteroatoms. The third-order valence-corrected chi connectivity index (χ3v) is 26.2. The van der Waals surface area contributed by atoms with E-state index in [9.17, 15) is 19.5 Å². The lowest BCUT2D eigenvalue weighted by molar-refractivity contribution is 0.0223. The van der Waals surface area contributed by atoms with Crippen molar-refractivity contribution >= 4 is 138 Å². The number of aryl methyl sites for hydroxylation is 6. The van der Waals surface area contributed by atoms with E-state index in [4.69, 9.17) is 19.3 Å². The summed E-state index contributed by atoms with van der Waals surface area (Å²) >= 11 is 22.4. The van der Waals surface area contributed by atoms with Gasteiger partial charge in [0.15, 0.2) is 0 Å². The lowest BCUT2D eigenvalue weighted by Gasteiger charge is -2.31. The molecule has 102 heavy (non-hydrogen) atoms. The van der Waals surface area contributed by atoms with E-state index >= 15 is 0 Å². The van der Waals surface area contributed by atoms with Gasteiger partial charge in [-0.15, -0.1) is 56.7 Å². The zero-order valence-corrected chi connectivity index (χ0v) is 75.0. The number of aromatic hydroxyl groups is 1. The predicted molar refractivity (Wildman–Crippen MR) is 447 cm³/mol. The smallest absolute Gasteiger partial charge is 0.410 e. The van der Waals surface area contributed by atoms with Crippen LogP contribution in [0.2, 0.25) is 0 Å². The van der Waals surface area contributed by atoms with Crippen LogP contribution in [0.4, 0.5) is 4.79 Å². The van der Waals surface area contributed by atoms with E-state index < -0.39 is 5.60 Å². The van der Waals surface area contributed by atoms with Crippen LogP contribution in [0.1, 0.15) is 204 Å². The maximum atomic E-state index is 11.9. The minimum Gasteiger partial charge on any atom is -0.508 e. The molecule has 8 aromatic rings. The number of ether oxygens (including phenoxy) is 5. The Morgan fingerprint density at radius 2 is 1.03 bits per heavy atom. The highest BCUT2D eigenvalue weighted by molar-refractivity contribution is 9.11. The molecule has 5 aromatic heterocycles. The molecule has 1 saturated heterocycles. The van der Waals surface area contributed by atoms with Crippen molar-refractivity contribution in [2.75, 3.05) is 54.5 Å². The number of phenolic OH excluding ortho intramolecular Hbond substituents is 1. The normalized spacial score (nSPS) is 13.1. The van der Waals surface area contributed by atoms with Crippen molar-refractivity contribution in [3.63, 3.8) is 0 Å².